The molecule has 1 aromatic rings. The molecule has 20 heavy (non-hydrogen) atoms. The quantitative estimate of drug-likeness (QED) is 0.413. The van der Waals surface area contributed by atoms with Gasteiger partial charge in [0.2, 0.25) is 0 Å². The molecule has 112 valence electrons. The Balaban J connectivity index is 2.04. The Kier molecular flexibility index (Phi) is 9.14. The lowest BCUT2D eigenvalue weighted by molar-refractivity contribution is 0.0498. The van der Waals surface area contributed by atoms with Crippen molar-refractivity contribution in [3.63, 3.8) is 0 Å². The molecule has 0 spiro atoms. The van der Waals surface area contributed by atoms with Crippen molar-refractivity contribution in [2.24, 2.45) is 0 Å². The maximum absolute atomic E-state index is 11.8. The molecule has 0 amide bonds. The number of hydrogen-bond acceptors (Lipinski definition) is 2. The molecule has 1 aromatic carbocycles. The molecule has 0 bridgehead atoms. The van der Waals surface area contributed by atoms with Gasteiger partial charge >= 0.3 is 5.97 Å². The van der Waals surface area contributed by atoms with Gasteiger partial charge in [0.1, 0.15) is 0 Å². The number of ether oxygens (including phenoxy) is 1. The van der Waals surface area contributed by atoms with Gasteiger partial charge in [-0.05, 0) is 18.6 Å². The van der Waals surface area contributed by atoms with Crippen molar-refractivity contribution in [2.45, 2.75) is 58.3 Å². The van der Waals surface area contributed by atoms with E-state index < -0.39 is 0 Å². The van der Waals surface area contributed by atoms with Crippen LogP contribution in [0.3, 0.4) is 0 Å². The number of benzene rings is 1. The Labute approximate surface area is 127 Å². The van der Waals surface area contributed by atoms with E-state index in [0.717, 1.165) is 12.8 Å². The number of rotatable bonds is 10. The molecular weight excluding hydrogens is 272 g/mol. The molecule has 0 N–H and O–H groups in total. The van der Waals surface area contributed by atoms with Gasteiger partial charge in [-0.2, -0.15) is 0 Å². The van der Waals surface area contributed by atoms with Crippen molar-refractivity contribution >= 4 is 17.6 Å². The lowest BCUT2D eigenvalue weighted by Crippen LogP contribution is -2.07. The molecule has 2 nitrogen and oxygen atoms in total. The Hall–Kier alpha value is -1.02. The Morgan fingerprint density at radius 2 is 1.60 bits per heavy atom. The molecule has 0 heterocycles. The molecule has 0 aliphatic rings. The molecule has 0 aliphatic carbocycles. The summed E-state index contributed by atoms with van der Waals surface area (Å²) in [6.45, 7) is 2.71. The summed E-state index contributed by atoms with van der Waals surface area (Å²) >= 11 is 5.94. The Morgan fingerprint density at radius 1 is 1.00 bits per heavy atom. The van der Waals surface area contributed by atoms with Crippen molar-refractivity contribution in [1.82, 2.24) is 0 Å². The second-order valence-electron chi connectivity index (χ2n) is 5.09. The second kappa shape index (κ2) is 10.7. The average molecular weight is 297 g/mol. The maximum Gasteiger partial charge on any atom is 0.339 e. The molecule has 0 fully saturated rings. The number of unbranched alkanes of at least 4 members (excludes halogenated alkanes) is 7. The molecule has 0 atom stereocenters. The first-order valence-electron chi connectivity index (χ1n) is 7.67. The van der Waals surface area contributed by atoms with Gasteiger partial charge in [-0.25, -0.2) is 4.79 Å². The van der Waals surface area contributed by atoms with Crippen LogP contribution in [0.4, 0.5) is 0 Å². The van der Waals surface area contributed by atoms with Crippen LogP contribution in [0.25, 0.3) is 0 Å². The van der Waals surface area contributed by atoms with Crippen molar-refractivity contribution in [1.29, 1.82) is 0 Å². The third-order valence-corrected chi connectivity index (χ3v) is 3.65. The average Bonchev–Trinajstić information content (AvgIpc) is 2.46. The SMILES string of the molecule is CCCCCCCCCCOC(=O)c1ccccc1Cl. The molecule has 1 rings (SSSR count). The molecule has 0 radical (unpaired) electrons. The van der Waals surface area contributed by atoms with Crippen LogP contribution in [-0.4, -0.2) is 12.6 Å². The normalized spacial score (nSPS) is 10.5. The summed E-state index contributed by atoms with van der Waals surface area (Å²) in [7, 11) is 0. The molecule has 0 saturated carbocycles. The number of carbonyl (C=O) groups is 1. The van der Waals surface area contributed by atoms with Crippen LogP contribution >= 0.6 is 11.6 Å². The third kappa shape index (κ3) is 6.95. The van der Waals surface area contributed by atoms with Gasteiger partial charge in [-0.15, -0.1) is 0 Å². The van der Waals surface area contributed by atoms with E-state index in [0.29, 0.717) is 17.2 Å². The second-order valence-corrected chi connectivity index (χ2v) is 5.50. The van der Waals surface area contributed by atoms with Gasteiger partial charge < -0.3 is 4.74 Å². The van der Waals surface area contributed by atoms with Gasteiger partial charge in [-0.3, -0.25) is 0 Å². The highest BCUT2D eigenvalue weighted by Gasteiger charge is 2.10. The number of carbonyl (C=O) groups excluding carboxylic acids is 1. The standard InChI is InChI=1S/C17H25ClO2/c1-2-3-4-5-6-7-8-11-14-20-17(19)15-12-9-10-13-16(15)18/h9-10,12-13H,2-8,11,14H2,1H3. The summed E-state index contributed by atoms with van der Waals surface area (Å²) in [6.07, 6.45) is 9.89. The smallest absolute Gasteiger partial charge is 0.339 e. The van der Waals surface area contributed by atoms with Crippen molar-refractivity contribution in [3.8, 4) is 0 Å². The first-order chi connectivity index (χ1) is 9.75. The van der Waals surface area contributed by atoms with E-state index in [1.54, 1.807) is 24.3 Å². The topological polar surface area (TPSA) is 26.3 Å². The van der Waals surface area contributed by atoms with E-state index in [2.05, 4.69) is 6.92 Å². The van der Waals surface area contributed by atoms with Gasteiger partial charge in [0.25, 0.3) is 0 Å². The van der Waals surface area contributed by atoms with E-state index >= 15 is 0 Å². The summed E-state index contributed by atoms with van der Waals surface area (Å²) in [5.74, 6) is -0.321. The Bertz CT molecular complexity index is 390. The van der Waals surface area contributed by atoms with E-state index in [4.69, 9.17) is 16.3 Å². The summed E-state index contributed by atoms with van der Waals surface area (Å²) in [5, 5.41) is 0.452. The molecule has 0 saturated heterocycles. The molecule has 0 aliphatic heterocycles. The molecule has 0 aromatic heterocycles. The highest BCUT2D eigenvalue weighted by atomic mass is 35.5. The zero-order valence-corrected chi connectivity index (χ0v) is 13.1. The van der Waals surface area contributed by atoms with Gasteiger partial charge in [-0.1, -0.05) is 75.6 Å². The summed E-state index contributed by atoms with van der Waals surface area (Å²) in [6, 6.07) is 6.99. The zero-order chi connectivity index (χ0) is 14.6. The fourth-order valence-electron chi connectivity index (χ4n) is 2.11. The zero-order valence-electron chi connectivity index (χ0n) is 12.4. The maximum atomic E-state index is 11.8. The van der Waals surface area contributed by atoms with E-state index in [-0.39, 0.29) is 5.97 Å². The van der Waals surface area contributed by atoms with Crippen LogP contribution in [0.5, 0.6) is 0 Å². The van der Waals surface area contributed by atoms with Gasteiger partial charge in [0, 0.05) is 0 Å². The predicted molar refractivity (Wildman–Crippen MR) is 84.3 cm³/mol. The van der Waals surface area contributed by atoms with Crippen molar-refractivity contribution in [2.75, 3.05) is 6.61 Å². The number of hydrogen-bond donors (Lipinski definition) is 0. The largest absolute Gasteiger partial charge is 0.462 e. The van der Waals surface area contributed by atoms with Crippen LogP contribution in [0.2, 0.25) is 5.02 Å². The van der Waals surface area contributed by atoms with Crippen LogP contribution in [0.1, 0.15) is 68.6 Å². The highest BCUT2D eigenvalue weighted by Crippen LogP contribution is 2.16. The third-order valence-electron chi connectivity index (χ3n) is 3.32. The van der Waals surface area contributed by atoms with Crippen molar-refractivity contribution < 1.29 is 9.53 Å². The lowest BCUT2D eigenvalue weighted by Gasteiger charge is -2.06. The van der Waals surface area contributed by atoms with Crippen LogP contribution < -0.4 is 0 Å². The lowest BCUT2D eigenvalue weighted by atomic mass is 10.1. The minimum atomic E-state index is -0.321. The Morgan fingerprint density at radius 3 is 2.25 bits per heavy atom. The van der Waals surface area contributed by atoms with Crippen LogP contribution in [0, 0.1) is 0 Å². The van der Waals surface area contributed by atoms with Crippen molar-refractivity contribution in [3.05, 3.63) is 34.9 Å². The number of halogens is 1. The molecule has 0 unspecified atom stereocenters. The molecule has 3 heteroatoms. The predicted octanol–water partition coefficient (Wildman–Crippen LogP) is 5.64. The van der Waals surface area contributed by atoms with E-state index in [1.807, 2.05) is 0 Å². The highest BCUT2D eigenvalue weighted by molar-refractivity contribution is 6.33. The van der Waals surface area contributed by atoms with Gasteiger partial charge in [0.05, 0.1) is 17.2 Å². The van der Waals surface area contributed by atoms with Crippen LogP contribution in [-0.2, 0) is 4.74 Å². The fraction of sp³-hybridized carbons (Fsp3) is 0.588. The van der Waals surface area contributed by atoms with E-state index in [9.17, 15) is 4.79 Å². The number of esters is 1. The minimum Gasteiger partial charge on any atom is -0.462 e. The summed E-state index contributed by atoms with van der Waals surface area (Å²) < 4.78 is 5.23. The minimum absolute atomic E-state index is 0.321. The van der Waals surface area contributed by atoms with E-state index in [1.165, 1.54) is 38.5 Å². The van der Waals surface area contributed by atoms with Crippen LogP contribution in [0.15, 0.2) is 24.3 Å². The molecular formula is C17H25ClO2. The summed E-state index contributed by atoms with van der Waals surface area (Å²) in [5.41, 5.74) is 0.453. The summed E-state index contributed by atoms with van der Waals surface area (Å²) in [4.78, 5) is 11.8. The first kappa shape index (κ1) is 17.0. The fourth-order valence-corrected chi connectivity index (χ4v) is 2.32. The van der Waals surface area contributed by atoms with Gasteiger partial charge in [0.15, 0.2) is 0 Å². The monoisotopic (exact) mass is 296 g/mol. The first-order valence-corrected chi connectivity index (χ1v) is 8.05.